The molecule has 116 valence electrons. The van der Waals surface area contributed by atoms with Crippen LogP contribution in [0, 0.1) is 0 Å². The summed E-state index contributed by atoms with van der Waals surface area (Å²) < 4.78 is 0. The highest BCUT2D eigenvalue weighted by atomic mass is 16.4. The summed E-state index contributed by atoms with van der Waals surface area (Å²) in [7, 11) is 0. The zero-order chi connectivity index (χ0) is 15.3. The third-order valence-electron chi connectivity index (χ3n) is 3.89. The zero-order valence-electron chi connectivity index (χ0n) is 11.7. The van der Waals surface area contributed by atoms with Crippen molar-refractivity contribution in [2.45, 2.75) is 50.5 Å². The number of nitrogens with zero attached hydrogens (tertiary/aromatic N) is 1. The van der Waals surface area contributed by atoms with Gasteiger partial charge in [0.15, 0.2) is 0 Å². The lowest BCUT2D eigenvalue weighted by Crippen LogP contribution is -2.77. The number of carbonyl (C=O) groups is 2. The molecule has 1 heterocycles. The fourth-order valence-electron chi connectivity index (χ4n) is 2.63. The van der Waals surface area contributed by atoms with Crippen molar-refractivity contribution in [3.05, 3.63) is 0 Å². The third kappa shape index (κ3) is 3.66. The van der Waals surface area contributed by atoms with E-state index in [0.29, 0.717) is 25.9 Å². The van der Waals surface area contributed by atoms with Crippen molar-refractivity contribution in [3.8, 4) is 0 Å². The van der Waals surface area contributed by atoms with Crippen LogP contribution in [0.2, 0.25) is 0 Å². The highest BCUT2D eigenvalue weighted by Crippen LogP contribution is 2.24. The van der Waals surface area contributed by atoms with E-state index in [1.807, 2.05) is 6.92 Å². The van der Waals surface area contributed by atoms with Crippen LogP contribution < -0.4 is 16.8 Å². The lowest BCUT2D eigenvalue weighted by Gasteiger charge is -2.50. The molecule has 3 atom stereocenters. The van der Waals surface area contributed by atoms with Crippen molar-refractivity contribution in [2.24, 2.45) is 11.5 Å². The molecule has 1 saturated heterocycles. The van der Waals surface area contributed by atoms with Gasteiger partial charge in [0.25, 0.3) is 0 Å². The maximum atomic E-state index is 11.5. The normalized spacial score (nSPS) is 29.1. The Morgan fingerprint density at radius 1 is 1.50 bits per heavy atom. The molecule has 8 nitrogen and oxygen atoms in total. The van der Waals surface area contributed by atoms with Crippen LogP contribution in [0.1, 0.15) is 32.6 Å². The maximum absolute atomic E-state index is 11.5. The molecule has 0 aromatic rings. The fraction of sp³-hybridized carbons (Fsp3) is 0.833. The number of hydrogen-bond donors (Lipinski definition) is 5. The molecule has 0 aromatic heterocycles. The minimum Gasteiger partial charge on any atom is -0.481 e. The van der Waals surface area contributed by atoms with E-state index >= 15 is 0 Å². The van der Waals surface area contributed by atoms with Gasteiger partial charge in [0.2, 0.25) is 0 Å². The van der Waals surface area contributed by atoms with Crippen molar-refractivity contribution in [2.75, 3.05) is 13.1 Å². The minimum absolute atomic E-state index is 0.0500. The zero-order valence-corrected chi connectivity index (χ0v) is 11.7. The summed E-state index contributed by atoms with van der Waals surface area (Å²) in [6, 6.07) is -0.813. The number of piperazine rings is 1. The molecule has 0 saturated carbocycles. The summed E-state index contributed by atoms with van der Waals surface area (Å²) in [4.78, 5) is 23.7. The first kappa shape index (κ1) is 16.8. The lowest BCUT2D eigenvalue weighted by atomic mass is 9.95. The molecule has 1 fully saturated rings. The maximum Gasteiger partial charge on any atom is 0.320 e. The van der Waals surface area contributed by atoms with Crippen molar-refractivity contribution in [1.29, 1.82) is 0 Å². The average Bonchev–Trinajstić information content (AvgIpc) is 2.38. The van der Waals surface area contributed by atoms with Crippen LogP contribution in [0.5, 0.6) is 0 Å². The van der Waals surface area contributed by atoms with Crippen LogP contribution in [-0.4, -0.2) is 58.0 Å². The summed E-state index contributed by atoms with van der Waals surface area (Å²) in [5.74, 6) is -1.92. The highest BCUT2D eigenvalue weighted by molar-refractivity contribution is 5.74. The van der Waals surface area contributed by atoms with E-state index in [0.717, 1.165) is 0 Å². The van der Waals surface area contributed by atoms with E-state index in [4.69, 9.17) is 16.6 Å². The second-order valence-electron chi connectivity index (χ2n) is 5.11. The number of rotatable bonds is 7. The highest BCUT2D eigenvalue weighted by Gasteiger charge is 2.45. The van der Waals surface area contributed by atoms with E-state index in [1.54, 1.807) is 4.90 Å². The molecule has 0 bridgehead atoms. The number of carboxylic acid groups (broad SMARTS) is 2. The number of aliphatic carboxylic acids is 2. The summed E-state index contributed by atoms with van der Waals surface area (Å²) in [5, 5.41) is 21.1. The Balaban J connectivity index is 2.83. The van der Waals surface area contributed by atoms with Gasteiger partial charge >= 0.3 is 11.9 Å². The average molecular weight is 288 g/mol. The van der Waals surface area contributed by atoms with E-state index in [1.165, 1.54) is 0 Å². The molecule has 0 aliphatic carbocycles. The molecule has 1 aliphatic heterocycles. The van der Waals surface area contributed by atoms with E-state index in [9.17, 15) is 14.7 Å². The Labute approximate surface area is 118 Å². The first-order valence-corrected chi connectivity index (χ1v) is 6.82. The Kier molecular flexibility index (Phi) is 5.88. The van der Waals surface area contributed by atoms with Gasteiger partial charge < -0.3 is 21.7 Å². The van der Waals surface area contributed by atoms with Gasteiger partial charge in [-0.15, -0.1) is 0 Å². The molecule has 0 spiro atoms. The van der Waals surface area contributed by atoms with Crippen LogP contribution >= 0.6 is 0 Å². The predicted molar refractivity (Wildman–Crippen MR) is 72.8 cm³/mol. The fourth-order valence-corrected chi connectivity index (χ4v) is 2.63. The first-order chi connectivity index (χ1) is 9.32. The van der Waals surface area contributed by atoms with Crippen molar-refractivity contribution < 1.29 is 19.8 Å². The standard InChI is InChI=1S/C12H24N4O4/c1-2-12(14)11(13)15-6-7-16(12)8(10(19)20)4-3-5-9(17)18/h8,11,15H,2-7,13-14H2,1H3,(H,17,18)(H,19,20). The smallest absolute Gasteiger partial charge is 0.320 e. The van der Waals surface area contributed by atoms with Crippen molar-refractivity contribution in [3.63, 3.8) is 0 Å². The van der Waals surface area contributed by atoms with Crippen molar-refractivity contribution in [1.82, 2.24) is 10.2 Å². The first-order valence-electron chi connectivity index (χ1n) is 6.82. The number of hydrogen-bond acceptors (Lipinski definition) is 6. The molecule has 1 aliphatic rings. The van der Waals surface area contributed by atoms with Crippen LogP contribution in [0.15, 0.2) is 0 Å². The molecular formula is C12H24N4O4. The number of nitrogens with two attached hydrogens (primary N) is 2. The predicted octanol–water partition coefficient (Wildman–Crippen LogP) is -1.05. The van der Waals surface area contributed by atoms with Crippen LogP contribution in [0.25, 0.3) is 0 Å². The Bertz CT molecular complexity index is 365. The van der Waals surface area contributed by atoms with Gasteiger partial charge in [-0.05, 0) is 19.3 Å². The summed E-state index contributed by atoms with van der Waals surface area (Å²) in [5.41, 5.74) is 11.3. The third-order valence-corrected chi connectivity index (χ3v) is 3.89. The second-order valence-corrected chi connectivity index (χ2v) is 5.11. The van der Waals surface area contributed by atoms with Gasteiger partial charge in [-0.1, -0.05) is 6.92 Å². The van der Waals surface area contributed by atoms with Gasteiger partial charge in [-0.25, -0.2) is 0 Å². The number of carboxylic acids is 2. The quantitative estimate of drug-likeness (QED) is 0.399. The summed E-state index contributed by atoms with van der Waals surface area (Å²) in [6.45, 7) is 2.89. The van der Waals surface area contributed by atoms with Crippen LogP contribution in [0.3, 0.4) is 0 Å². The molecular weight excluding hydrogens is 264 g/mol. The van der Waals surface area contributed by atoms with Gasteiger partial charge in [-0.3, -0.25) is 19.8 Å². The van der Waals surface area contributed by atoms with E-state index in [2.05, 4.69) is 5.32 Å². The topological polar surface area (TPSA) is 142 Å². The Morgan fingerprint density at radius 2 is 2.15 bits per heavy atom. The monoisotopic (exact) mass is 288 g/mol. The SMILES string of the molecule is CCC1(N)C(N)NCCN1C(CCCC(=O)O)C(=O)O. The summed E-state index contributed by atoms with van der Waals surface area (Å²) in [6.07, 6.45) is 0.483. The largest absolute Gasteiger partial charge is 0.481 e. The van der Waals surface area contributed by atoms with Gasteiger partial charge in [0.05, 0.1) is 11.8 Å². The Morgan fingerprint density at radius 3 is 2.65 bits per heavy atom. The van der Waals surface area contributed by atoms with Crippen LogP contribution in [-0.2, 0) is 9.59 Å². The molecule has 0 amide bonds. The summed E-state index contributed by atoms with van der Waals surface area (Å²) >= 11 is 0. The Hall–Kier alpha value is -1.22. The van der Waals surface area contributed by atoms with Crippen LogP contribution in [0.4, 0.5) is 0 Å². The molecule has 3 unspecified atom stereocenters. The number of nitrogens with one attached hydrogen (secondary N) is 1. The molecule has 1 rings (SSSR count). The molecule has 20 heavy (non-hydrogen) atoms. The van der Waals surface area contributed by atoms with Crippen molar-refractivity contribution >= 4 is 11.9 Å². The molecule has 7 N–H and O–H groups in total. The lowest BCUT2D eigenvalue weighted by molar-refractivity contribution is -0.149. The molecule has 8 heteroatoms. The molecule has 0 radical (unpaired) electrons. The van der Waals surface area contributed by atoms with E-state index < -0.39 is 29.8 Å². The van der Waals surface area contributed by atoms with Gasteiger partial charge in [-0.2, -0.15) is 0 Å². The second kappa shape index (κ2) is 6.98. The van der Waals surface area contributed by atoms with E-state index in [-0.39, 0.29) is 12.8 Å². The molecule has 0 aromatic carbocycles. The van der Waals surface area contributed by atoms with Gasteiger partial charge in [0.1, 0.15) is 6.04 Å². The minimum atomic E-state index is -0.993. The van der Waals surface area contributed by atoms with Gasteiger partial charge in [0, 0.05) is 19.5 Å².